The average Bonchev–Trinajstić information content (AvgIpc) is 3.14. The topological polar surface area (TPSA) is 91.0 Å². The van der Waals surface area contributed by atoms with Crippen LogP contribution in [0.15, 0.2) is 30.3 Å². The number of nitrogens with zero attached hydrogens (tertiary/aromatic N) is 2. The average molecular weight is 397 g/mol. The fraction of sp³-hybridized carbons (Fsp3) is 0.611. The SMILES string of the molecule is CCOC(=O)C1C(CC)NNC1S(=O)(=O)N1CCN(c2ccccc2)CC1. The molecule has 3 unspecified atom stereocenters. The fourth-order valence-corrected chi connectivity index (χ4v) is 5.60. The summed E-state index contributed by atoms with van der Waals surface area (Å²) in [6.45, 7) is 5.88. The summed E-state index contributed by atoms with van der Waals surface area (Å²) in [5, 5.41) is -1.01. The van der Waals surface area contributed by atoms with Gasteiger partial charge in [-0.3, -0.25) is 10.2 Å². The van der Waals surface area contributed by atoms with Crippen molar-refractivity contribution >= 4 is 21.7 Å². The number of nitrogens with one attached hydrogen (secondary N) is 2. The molecule has 0 amide bonds. The van der Waals surface area contributed by atoms with Crippen molar-refractivity contribution in [2.45, 2.75) is 31.7 Å². The van der Waals surface area contributed by atoms with E-state index < -0.39 is 27.3 Å². The minimum absolute atomic E-state index is 0.230. The number of esters is 1. The van der Waals surface area contributed by atoms with Crippen LogP contribution in [0, 0.1) is 5.92 Å². The highest BCUT2D eigenvalue weighted by molar-refractivity contribution is 7.89. The first-order chi connectivity index (χ1) is 13.0. The second-order valence-electron chi connectivity index (χ2n) is 6.77. The number of piperazine rings is 1. The summed E-state index contributed by atoms with van der Waals surface area (Å²) < 4.78 is 33.0. The molecule has 3 rings (SSSR count). The van der Waals surface area contributed by atoms with Crippen LogP contribution in [-0.2, 0) is 19.6 Å². The van der Waals surface area contributed by atoms with E-state index in [1.54, 1.807) is 6.92 Å². The fourth-order valence-electron chi connectivity index (χ4n) is 3.72. The Kier molecular flexibility index (Phi) is 6.36. The number of para-hydroxylation sites is 1. The quantitative estimate of drug-likeness (QED) is 0.678. The van der Waals surface area contributed by atoms with Crippen LogP contribution in [0.2, 0.25) is 0 Å². The largest absolute Gasteiger partial charge is 0.466 e. The summed E-state index contributed by atoms with van der Waals surface area (Å²) in [6, 6.07) is 9.69. The lowest BCUT2D eigenvalue weighted by atomic mass is 10.00. The van der Waals surface area contributed by atoms with Crippen LogP contribution in [0.1, 0.15) is 20.3 Å². The molecule has 2 aliphatic rings. The van der Waals surface area contributed by atoms with E-state index in [1.807, 2.05) is 37.3 Å². The van der Waals surface area contributed by atoms with Gasteiger partial charge in [-0.2, -0.15) is 4.31 Å². The molecule has 0 aromatic heterocycles. The number of hydrazine groups is 1. The van der Waals surface area contributed by atoms with Gasteiger partial charge < -0.3 is 9.64 Å². The van der Waals surface area contributed by atoms with Crippen LogP contribution in [0.4, 0.5) is 5.69 Å². The molecule has 2 aliphatic heterocycles. The van der Waals surface area contributed by atoms with Gasteiger partial charge >= 0.3 is 5.97 Å². The van der Waals surface area contributed by atoms with E-state index in [0.29, 0.717) is 32.6 Å². The third kappa shape index (κ3) is 4.11. The monoisotopic (exact) mass is 396 g/mol. The summed E-state index contributed by atoms with van der Waals surface area (Å²) in [5.74, 6) is -1.23. The lowest BCUT2D eigenvalue weighted by Gasteiger charge is -2.37. The molecular weight excluding hydrogens is 368 g/mol. The number of carbonyl (C=O) groups is 1. The third-order valence-electron chi connectivity index (χ3n) is 5.21. The molecular formula is C18H28N4O4S. The number of benzene rings is 1. The highest BCUT2D eigenvalue weighted by Crippen LogP contribution is 2.27. The van der Waals surface area contributed by atoms with Gasteiger partial charge in [-0.05, 0) is 25.5 Å². The van der Waals surface area contributed by atoms with Gasteiger partial charge in [0.1, 0.15) is 5.92 Å². The van der Waals surface area contributed by atoms with Crippen molar-refractivity contribution in [3.8, 4) is 0 Å². The minimum Gasteiger partial charge on any atom is -0.466 e. The van der Waals surface area contributed by atoms with Gasteiger partial charge in [0, 0.05) is 37.9 Å². The smallest absolute Gasteiger partial charge is 0.313 e. The molecule has 27 heavy (non-hydrogen) atoms. The molecule has 150 valence electrons. The van der Waals surface area contributed by atoms with E-state index in [4.69, 9.17) is 4.74 Å². The molecule has 8 nitrogen and oxygen atoms in total. The first kappa shape index (κ1) is 20.1. The molecule has 3 atom stereocenters. The summed E-state index contributed by atoms with van der Waals surface area (Å²) in [4.78, 5) is 14.6. The van der Waals surface area contributed by atoms with Crippen molar-refractivity contribution in [1.29, 1.82) is 0 Å². The van der Waals surface area contributed by atoms with E-state index in [2.05, 4.69) is 15.8 Å². The zero-order chi connectivity index (χ0) is 19.4. The maximum Gasteiger partial charge on any atom is 0.313 e. The molecule has 0 aliphatic carbocycles. The Labute approximate surface area is 160 Å². The highest BCUT2D eigenvalue weighted by atomic mass is 32.2. The Morgan fingerprint density at radius 3 is 2.37 bits per heavy atom. The second-order valence-corrected chi connectivity index (χ2v) is 8.82. The Morgan fingerprint density at radius 1 is 1.11 bits per heavy atom. The normalized spacial score (nSPS) is 26.9. The van der Waals surface area contributed by atoms with Crippen molar-refractivity contribution in [3.05, 3.63) is 30.3 Å². The zero-order valence-electron chi connectivity index (χ0n) is 15.8. The summed E-state index contributed by atoms with van der Waals surface area (Å²) >= 11 is 0. The number of anilines is 1. The Morgan fingerprint density at radius 2 is 1.78 bits per heavy atom. The molecule has 1 aromatic rings. The van der Waals surface area contributed by atoms with E-state index >= 15 is 0 Å². The third-order valence-corrected chi connectivity index (χ3v) is 7.35. The van der Waals surface area contributed by atoms with Crippen LogP contribution in [0.5, 0.6) is 0 Å². The zero-order valence-corrected chi connectivity index (χ0v) is 16.6. The van der Waals surface area contributed by atoms with Crippen molar-refractivity contribution in [3.63, 3.8) is 0 Å². The number of sulfonamides is 1. The number of rotatable bonds is 6. The molecule has 0 spiro atoms. The Hall–Kier alpha value is -1.68. The predicted octanol–water partition coefficient (Wildman–Crippen LogP) is 0.530. The van der Waals surface area contributed by atoms with Crippen LogP contribution < -0.4 is 15.8 Å². The number of hydrogen-bond acceptors (Lipinski definition) is 7. The molecule has 9 heteroatoms. The van der Waals surface area contributed by atoms with Gasteiger partial charge in [-0.25, -0.2) is 13.8 Å². The lowest BCUT2D eigenvalue weighted by molar-refractivity contribution is -0.148. The van der Waals surface area contributed by atoms with Crippen molar-refractivity contribution in [2.24, 2.45) is 5.92 Å². The summed E-state index contributed by atoms with van der Waals surface area (Å²) in [7, 11) is -3.69. The molecule has 0 radical (unpaired) electrons. The van der Waals surface area contributed by atoms with Gasteiger partial charge in [-0.1, -0.05) is 25.1 Å². The molecule has 2 heterocycles. The van der Waals surface area contributed by atoms with Crippen LogP contribution in [-0.4, -0.2) is 62.9 Å². The van der Waals surface area contributed by atoms with E-state index in [0.717, 1.165) is 5.69 Å². The molecule has 2 N–H and O–H groups in total. The van der Waals surface area contributed by atoms with Gasteiger partial charge in [0.25, 0.3) is 0 Å². The lowest BCUT2D eigenvalue weighted by Crippen LogP contribution is -2.55. The van der Waals surface area contributed by atoms with Crippen LogP contribution >= 0.6 is 0 Å². The van der Waals surface area contributed by atoms with Crippen LogP contribution in [0.3, 0.4) is 0 Å². The first-order valence-electron chi connectivity index (χ1n) is 9.45. The van der Waals surface area contributed by atoms with Gasteiger partial charge in [0.15, 0.2) is 5.37 Å². The second kappa shape index (κ2) is 8.55. The number of hydrogen-bond donors (Lipinski definition) is 2. The standard InChI is InChI=1S/C18H28N4O4S/c1-3-15-16(18(23)26-4-2)17(20-19-15)27(24,25)22-12-10-21(11-13-22)14-8-6-5-7-9-14/h5-9,15-17,19-20H,3-4,10-13H2,1-2H3. The maximum absolute atomic E-state index is 13.2. The number of ether oxygens (including phenoxy) is 1. The first-order valence-corrected chi connectivity index (χ1v) is 11.0. The Bertz CT molecular complexity index is 735. The van der Waals surface area contributed by atoms with Crippen molar-refractivity contribution in [1.82, 2.24) is 15.2 Å². The molecule has 2 fully saturated rings. The van der Waals surface area contributed by atoms with E-state index in [1.165, 1.54) is 4.31 Å². The highest BCUT2D eigenvalue weighted by Gasteiger charge is 2.50. The van der Waals surface area contributed by atoms with Gasteiger partial charge in [-0.15, -0.1) is 0 Å². The Balaban J connectivity index is 1.71. The summed E-state index contributed by atoms with van der Waals surface area (Å²) in [6.07, 6.45) is 0.629. The maximum atomic E-state index is 13.2. The minimum atomic E-state index is -3.69. The molecule has 0 saturated carbocycles. The molecule has 0 bridgehead atoms. The van der Waals surface area contributed by atoms with Crippen molar-refractivity contribution in [2.75, 3.05) is 37.7 Å². The predicted molar refractivity (Wildman–Crippen MR) is 103 cm³/mol. The van der Waals surface area contributed by atoms with E-state index in [-0.39, 0.29) is 12.6 Å². The van der Waals surface area contributed by atoms with Crippen molar-refractivity contribution < 1.29 is 17.9 Å². The summed E-state index contributed by atoms with van der Waals surface area (Å²) in [5.41, 5.74) is 6.88. The molecule has 2 saturated heterocycles. The molecule has 1 aromatic carbocycles. The van der Waals surface area contributed by atoms with Gasteiger partial charge in [0.05, 0.1) is 6.61 Å². The van der Waals surface area contributed by atoms with E-state index in [9.17, 15) is 13.2 Å². The van der Waals surface area contributed by atoms with Gasteiger partial charge in [0.2, 0.25) is 10.0 Å². The number of carbonyl (C=O) groups excluding carboxylic acids is 1. The van der Waals surface area contributed by atoms with Crippen LogP contribution in [0.25, 0.3) is 0 Å².